The van der Waals surface area contributed by atoms with Gasteiger partial charge in [0.1, 0.15) is 4.88 Å². The van der Waals surface area contributed by atoms with E-state index in [2.05, 4.69) is 10.1 Å². The Balaban J connectivity index is 1.92. The van der Waals surface area contributed by atoms with Crippen LogP contribution in [0.15, 0.2) is 16.3 Å². The molecule has 2 aromatic heterocycles. The predicted octanol–water partition coefficient (Wildman–Crippen LogP) is 3.85. The molecule has 0 bridgehead atoms. The van der Waals surface area contributed by atoms with Crippen LogP contribution in [0.25, 0.3) is 0 Å². The lowest BCUT2D eigenvalue weighted by molar-refractivity contribution is 0.0675. The Morgan fingerprint density at radius 2 is 2.33 bits per heavy atom. The minimum absolute atomic E-state index is 0.0326. The second-order valence-corrected chi connectivity index (χ2v) is 6.47. The number of rotatable bonds is 2. The van der Waals surface area contributed by atoms with E-state index in [0.717, 1.165) is 31.2 Å². The van der Waals surface area contributed by atoms with E-state index in [4.69, 9.17) is 16.1 Å². The van der Waals surface area contributed by atoms with Gasteiger partial charge in [-0.25, -0.2) is 0 Å². The van der Waals surface area contributed by atoms with Crippen LogP contribution in [0.5, 0.6) is 0 Å². The van der Waals surface area contributed by atoms with Crippen LogP contribution in [0.4, 0.5) is 0 Å². The summed E-state index contributed by atoms with van der Waals surface area (Å²) >= 11 is 7.65. The molecular weight excluding hydrogens is 310 g/mol. The maximum Gasteiger partial charge on any atom is 0.266 e. The van der Waals surface area contributed by atoms with Gasteiger partial charge in [-0.1, -0.05) is 29.6 Å². The summed E-state index contributed by atoms with van der Waals surface area (Å²) in [5, 5.41) is 6.40. The number of hydrogen-bond donors (Lipinski definition) is 0. The predicted molar refractivity (Wildman–Crippen MR) is 80.6 cm³/mol. The van der Waals surface area contributed by atoms with Crippen molar-refractivity contribution in [2.24, 2.45) is 0 Å². The average Bonchev–Trinajstić information content (AvgIpc) is 3.04. The summed E-state index contributed by atoms with van der Waals surface area (Å²) < 4.78 is 4.85. The Kier molecular flexibility index (Phi) is 4.26. The third-order valence-corrected chi connectivity index (χ3v) is 5.47. The lowest BCUT2D eigenvalue weighted by Gasteiger charge is -2.27. The highest BCUT2D eigenvalue weighted by molar-refractivity contribution is 7.13. The Labute approximate surface area is 131 Å². The van der Waals surface area contributed by atoms with E-state index in [1.807, 2.05) is 17.2 Å². The summed E-state index contributed by atoms with van der Waals surface area (Å²) in [7, 11) is 0. The molecule has 5 nitrogen and oxygen atoms in total. The fraction of sp³-hybridized carbons (Fsp3) is 0.500. The normalized spacial score (nSPS) is 19.5. The number of aromatic nitrogens is 2. The smallest absolute Gasteiger partial charge is 0.266 e. The molecule has 0 radical (unpaired) electrons. The zero-order valence-corrected chi connectivity index (χ0v) is 13.3. The molecule has 2 aromatic rings. The number of amides is 1. The van der Waals surface area contributed by atoms with Crippen molar-refractivity contribution < 1.29 is 9.32 Å². The Hall–Kier alpha value is -1.40. The second kappa shape index (κ2) is 6.15. The molecule has 1 fully saturated rings. The van der Waals surface area contributed by atoms with Crippen molar-refractivity contribution in [2.45, 2.75) is 38.6 Å². The van der Waals surface area contributed by atoms with Crippen molar-refractivity contribution >= 4 is 28.8 Å². The molecule has 0 aromatic carbocycles. The summed E-state index contributed by atoms with van der Waals surface area (Å²) in [5.41, 5.74) is 0.941. The van der Waals surface area contributed by atoms with Crippen LogP contribution in [0, 0.1) is 6.92 Å². The van der Waals surface area contributed by atoms with E-state index in [0.29, 0.717) is 22.3 Å². The van der Waals surface area contributed by atoms with Gasteiger partial charge >= 0.3 is 0 Å². The van der Waals surface area contributed by atoms with E-state index in [1.165, 1.54) is 17.7 Å². The molecule has 0 unspecified atom stereocenters. The Morgan fingerprint density at radius 1 is 1.48 bits per heavy atom. The van der Waals surface area contributed by atoms with Gasteiger partial charge in [0.15, 0.2) is 5.82 Å². The summed E-state index contributed by atoms with van der Waals surface area (Å²) in [5.74, 6) is 0.546. The van der Waals surface area contributed by atoms with Crippen molar-refractivity contribution in [1.29, 1.82) is 0 Å². The maximum atomic E-state index is 12.9. The highest BCUT2D eigenvalue weighted by Gasteiger charge is 2.32. The van der Waals surface area contributed by atoms with Crippen LogP contribution in [0.1, 0.15) is 52.8 Å². The van der Waals surface area contributed by atoms with Gasteiger partial charge in [-0.15, -0.1) is 11.3 Å². The van der Waals surface area contributed by atoms with Crippen LogP contribution in [-0.2, 0) is 0 Å². The van der Waals surface area contributed by atoms with E-state index in [-0.39, 0.29) is 11.9 Å². The zero-order chi connectivity index (χ0) is 14.8. The molecule has 112 valence electrons. The molecule has 1 atom stereocenters. The number of aryl methyl sites for hydroxylation is 1. The SMILES string of the molecule is Cc1csc(C(=O)N2CCCCC[C@@H]2c2ncon2)c1Cl. The fourth-order valence-electron chi connectivity index (χ4n) is 2.65. The second-order valence-electron chi connectivity index (χ2n) is 5.21. The number of halogens is 1. The van der Waals surface area contributed by atoms with Crippen molar-refractivity contribution in [1.82, 2.24) is 15.0 Å². The van der Waals surface area contributed by atoms with Gasteiger partial charge in [0.25, 0.3) is 5.91 Å². The number of carbonyl (C=O) groups excluding carboxylic acids is 1. The van der Waals surface area contributed by atoms with Gasteiger partial charge in [0.2, 0.25) is 6.39 Å². The number of hydrogen-bond acceptors (Lipinski definition) is 5. The third-order valence-electron chi connectivity index (χ3n) is 3.78. The average molecular weight is 326 g/mol. The van der Waals surface area contributed by atoms with Crippen LogP contribution >= 0.6 is 22.9 Å². The molecule has 1 saturated heterocycles. The number of likely N-dealkylation sites (tertiary alicyclic amines) is 1. The molecule has 1 aliphatic heterocycles. The number of thiophene rings is 1. The fourth-order valence-corrected chi connectivity index (χ4v) is 3.88. The van der Waals surface area contributed by atoms with Crippen LogP contribution in [0.3, 0.4) is 0 Å². The van der Waals surface area contributed by atoms with Crippen molar-refractivity contribution in [3.8, 4) is 0 Å². The molecule has 3 heterocycles. The molecule has 0 aliphatic carbocycles. The maximum absolute atomic E-state index is 12.9. The first kappa shape index (κ1) is 14.5. The van der Waals surface area contributed by atoms with Gasteiger partial charge in [-0.3, -0.25) is 4.79 Å². The van der Waals surface area contributed by atoms with Crippen LogP contribution < -0.4 is 0 Å². The lowest BCUT2D eigenvalue weighted by Crippen LogP contribution is -2.35. The first-order chi connectivity index (χ1) is 10.2. The summed E-state index contributed by atoms with van der Waals surface area (Å²) in [4.78, 5) is 19.4. The summed E-state index contributed by atoms with van der Waals surface area (Å²) in [6.07, 6.45) is 5.32. The third kappa shape index (κ3) is 2.82. The minimum Gasteiger partial charge on any atom is -0.343 e. The van der Waals surface area contributed by atoms with Crippen LogP contribution in [-0.4, -0.2) is 27.5 Å². The van der Waals surface area contributed by atoms with E-state index in [9.17, 15) is 4.79 Å². The standard InChI is InChI=1S/C14H16ClN3O2S/c1-9-7-21-12(11(9)15)14(19)18-6-4-2-3-5-10(18)13-16-8-20-17-13/h7-8,10H,2-6H2,1H3/t10-/m1/s1. The molecule has 0 spiro atoms. The molecule has 0 saturated carbocycles. The van der Waals surface area contributed by atoms with Crippen molar-refractivity contribution in [3.63, 3.8) is 0 Å². The van der Waals surface area contributed by atoms with Crippen LogP contribution in [0.2, 0.25) is 5.02 Å². The molecule has 1 amide bonds. The minimum atomic E-state index is -0.128. The van der Waals surface area contributed by atoms with E-state index >= 15 is 0 Å². The van der Waals surface area contributed by atoms with Gasteiger partial charge in [0, 0.05) is 6.54 Å². The first-order valence-electron chi connectivity index (χ1n) is 6.99. The Bertz CT molecular complexity index is 626. The molecule has 7 heteroatoms. The molecule has 3 rings (SSSR count). The summed E-state index contributed by atoms with van der Waals surface area (Å²) in [6, 6.07) is -0.128. The number of carbonyl (C=O) groups is 1. The molecular formula is C14H16ClN3O2S. The van der Waals surface area contributed by atoms with E-state index in [1.54, 1.807) is 0 Å². The highest BCUT2D eigenvalue weighted by atomic mass is 35.5. The largest absolute Gasteiger partial charge is 0.343 e. The van der Waals surface area contributed by atoms with Gasteiger partial charge < -0.3 is 9.42 Å². The molecule has 1 aliphatic rings. The number of nitrogens with zero attached hydrogens (tertiary/aromatic N) is 3. The lowest BCUT2D eigenvalue weighted by atomic mass is 10.1. The van der Waals surface area contributed by atoms with Crippen molar-refractivity contribution in [3.05, 3.63) is 33.1 Å². The highest BCUT2D eigenvalue weighted by Crippen LogP contribution is 2.34. The molecule has 21 heavy (non-hydrogen) atoms. The van der Waals surface area contributed by atoms with Gasteiger partial charge in [-0.2, -0.15) is 4.98 Å². The van der Waals surface area contributed by atoms with Gasteiger partial charge in [-0.05, 0) is 30.7 Å². The quantitative estimate of drug-likeness (QED) is 0.841. The topological polar surface area (TPSA) is 59.2 Å². The summed E-state index contributed by atoms with van der Waals surface area (Å²) in [6.45, 7) is 2.61. The Morgan fingerprint density at radius 3 is 3.00 bits per heavy atom. The molecule has 0 N–H and O–H groups in total. The monoisotopic (exact) mass is 325 g/mol. The first-order valence-corrected chi connectivity index (χ1v) is 8.25. The van der Waals surface area contributed by atoms with Gasteiger partial charge in [0.05, 0.1) is 11.1 Å². The van der Waals surface area contributed by atoms with Crippen molar-refractivity contribution in [2.75, 3.05) is 6.54 Å². The van der Waals surface area contributed by atoms with E-state index < -0.39 is 0 Å². The zero-order valence-electron chi connectivity index (χ0n) is 11.7.